The highest BCUT2D eigenvalue weighted by Gasteiger charge is 2.38. The molecule has 3 rings (SSSR count). The molecule has 1 aromatic rings. The van der Waals surface area contributed by atoms with Crippen LogP contribution >= 0.6 is 0 Å². The number of hydrogen-bond donors (Lipinski definition) is 1. The molecule has 1 atom stereocenters. The molecular formula is C22H32N2O3. The first kappa shape index (κ1) is 19.9. The van der Waals surface area contributed by atoms with Crippen LogP contribution in [-0.4, -0.2) is 49.6 Å². The zero-order chi connectivity index (χ0) is 19.4. The molecule has 5 heteroatoms. The minimum Gasteiger partial charge on any atom is -0.381 e. The number of hydrogen-bond acceptors (Lipinski definition) is 3. The van der Waals surface area contributed by atoms with E-state index in [0.29, 0.717) is 38.6 Å². The smallest absolute Gasteiger partial charge is 0.225 e. The van der Waals surface area contributed by atoms with Gasteiger partial charge in [-0.2, -0.15) is 0 Å². The molecule has 2 aliphatic rings. The van der Waals surface area contributed by atoms with E-state index in [9.17, 15) is 9.59 Å². The van der Waals surface area contributed by atoms with Gasteiger partial charge in [0.05, 0.1) is 5.92 Å². The lowest BCUT2D eigenvalue weighted by molar-refractivity contribution is -0.129. The van der Waals surface area contributed by atoms with Crippen LogP contribution in [0, 0.1) is 18.8 Å². The van der Waals surface area contributed by atoms with E-state index in [1.54, 1.807) is 0 Å². The van der Waals surface area contributed by atoms with Crippen LogP contribution in [0.3, 0.4) is 0 Å². The van der Waals surface area contributed by atoms with Gasteiger partial charge in [0.1, 0.15) is 0 Å². The van der Waals surface area contributed by atoms with Crippen molar-refractivity contribution >= 4 is 11.8 Å². The second-order valence-electron chi connectivity index (χ2n) is 8.57. The summed E-state index contributed by atoms with van der Waals surface area (Å²) in [6.45, 7) is 9.59. The predicted molar refractivity (Wildman–Crippen MR) is 105 cm³/mol. The number of nitrogens with zero attached hydrogens (tertiary/aromatic N) is 1. The van der Waals surface area contributed by atoms with Gasteiger partial charge in [0, 0.05) is 44.7 Å². The molecular weight excluding hydrogens is 340 g/mol. The van der Waals surface area contributed by atoms with Gasteiger partial charge in [0.2, 0.25) is 11.8 Å². The molecule has 2 heterocycles. The molecule has 1 unspecified atom stereocenters. The van der Waals surface area contributed by atoms with Crippen LogP contribution in [0.25, 0.3) is 0 Å². The minimum absolute atomic E-state index is 0.00702. The Bertz CT molecular complexity index is 663. The third-order valence-corrected chi connectivity index (χ3v) is 5.89. The molecule has 5 nitrogen and oxygen atoms in total. The molecule has 0 aliphatic carbocycles. The number of aryl methyl sites for hydroxylation is 1. The Morgan fingerprint density at radius 1 is 1.26 bits per heavy atom. The number of likely N-dealkylation sites (tertiary alicyclic amines) is 1. The molecule has 0 bridgehead atoms. The van der Waals surface area contributed by atoms with Crippen molar-refractivity contribution in [2.24, 2.45) is 11.8 Å². The summed E-state index contributed by atoms with van der Waals surface area (Å²) in [4.78, 5) is 26.8. The Hall–Kier alpha value is -1.88. The number of ether oxygens (including phenoxy) is 1. The summed E-state index contributed by atoms with van der Waals surface area (Å²) in [5, 5.41) is 3.17. The quantitative estimate of drug-likeness (QED) is 0.835. The molecule has 2 amide bonds. The van der Waals surface area contributed by atoms with E-state index in [1.807, 2.05) is 4.90 Å². The van der Waals surface area contributed by atoms with Crippen LogP contribution in [0.1, 0.15) is 44.2 Å². The summed E-state index contributed by atoms with van der Waals surface area (Å²) >= 11 is 0. The highest BCUT2D eigenvalue weighted by atomic mass is 16.5. The summed E-state index contributed by atoms with van der Waals surface area (Å²) in [5.41, 5.74) is 2.42. The number of carbonyl (C=O) groups excluding carboxylic acids is 2. The minimum atomic E-state index is -0.230. The molecule has 0 spiro atoms. The van der Waals surface area contributed by atoms with Crippen LogP contribution in [0.2, 0.25) is 0 Å². The lowest BCUT2D eigenvalue weighted by Gasteiger charge is -2.38. The predicted octanol–water partition coefficient (Wildman–Crippen LogP) is 2.66. The van der Waals surface area contributed by atoms with Gasteiger partial charge in [-0.25, -0.2) is 0 Å². The highest BCUT2D eigenvalue weighted by Crippen LogP contribution is 2.34. The SMILES string of the molecule is Cc1ccc(C2(CNC(=O)C3CC(=O)N(CC(C)C)C3)CCOCC2)cc1. The summed E-state index contributed by atoms with van der Waals surface area (Å²) in [5.74, 6) is 0.296. The lowest BCUT2D eigenvalue weighted by Crippen LogP contribution is -2.46. The molecule has 1 aromatic carbocycles. The Labute approximate surface area is 162 Å². The van der Waals surface area contributed by atoms with Gasteiger partial charge in [0.25, 0.3) is 0 Å². The second-order valence-corrected chi connectivity index (χ2v) is 8.57. The molecule has 2 saturated heterocycles. The van der Waals surface area contributed by atoms with Crippen molar-refractivity contribution in [1.82, 2.24) is 10.2 Å². The standard InChI is InChI=1S/C22H32N2O3/c1-16(2)13-24-14-18(12-20(24)25)21(26)23-15-22(8-10-27-11-9-22)19-6-4-17(3)5-7-19/h4-7,16,18H,8-15H2,1-3H3,(H,23,26). The summed E-state index contributed by atoms with van der Waals surface area (Å²) in [7, 11) is 0. The van der Waals surface area contributed by atoms with Gasteiger partial charge in [0.15, 0.2) is 0 Å². The third kappa shape index (κ3) is 4.70. The lowest BCUT2D eigenvalue weighted by atomic mass is 9.74. The fraction of sp³-hybridized carbons (Fsp3) is 0.636. The number of carbonyl (C=O) groups is 2. The number of rotatable bonds is 6. The highest BCUT2D eigenvalue weighted by molar-refractivity contribution is 5.89. The largest absolute Gasteiger partial charge is 0.381 e. The van der Waals surface area contributed by atoms with E-state index < -0.39 is 0 Å². The Balaban J connectivity index is 1.64. The molecule has 0 radical (unpaired) electrons. The van der Waals surface area contributed by atoms with Crippen LogP contribution < -0.4 is 5.32 Å². The molecule has 2 fully saturated rings. The average molecular weight is 373 g/mol. The average Bonchev–Trinajstić information content (AvgIpc) is 3.01. The van der Waals surface area contributed by atoms with Crippen LogP contribution in [0.15, 0.2) is 24.3 Å². The first-order chi connectivity index (χ1) is 12.9. The van der Waals surface area contributed by atoms with E-state index in [1.165, 1.54) is 11.1 Å². The third-order valence-electron chi connectivity index (χ3n) is 5.89. The summed E-state index contributed by atoms with van der Waals surface area (Å²) in [6, 6.07) is 8.62. The van der Waals surface area contributed by atoms with Crippen molar-refractivity contribution in [3.05, 3.63) is 35.4 Å². The summed E-state index contributed by atoms with van der Waals surface area (Å²) in [6.07, 6.45) is 2.14. The summed E-state index contributed by atoms with van der Waals surface area (Å²) < 4.78 is 5.58. The Morgan fingerprint density at radius 3 is 2.56 bits per heavy atom. The van der Waals surface area contributed by atoms with Gasteiger partial charge in [-0.3, -0.25) is 9.59 Å². The maximum atomic E-state index is 12.8. The first-order valence-corrected chi connectivity index (χ1v) is 10.1. The number of benzene rings is 1. The van der Waals surface area contributed by atoms with E-state index in [2.05, 4.69) is 50.4 Å². The maximum Gasteiger partial charge on any atom is 0.225 e. The normalized spacial score (nSPS) is 22.3. The van der Waals surface area contributed by atoms with Crippen LogP contribution in [0.5, 0.6) is 0 Å². The first-order valence-electron chi connectivity index (χ1n) is 10.1. The van der Waals surface area contributed by atoms with Crippen molar-refractivity contribution in [3.63, 3.8) is 0 Å². The fourth-order valence-corrected chi connectivity index (χ4v) is 4.20. The van der Waals surface area contributed by atoms with E-state index in [-0.39, 0.29) is 23.1 Å². The van der Waals surface area contributed by atoms with Crippen molar-refractivity contribution in [3.8, 4) is 0 Å². The Kier molecular flexibility index (Phi) is 6.20. The van der Waals surface area contributed by atoms with Crippen molar-refractivity contribution in [2.75, 3.05) is 32.8 Å². The van der Waals surface area contributed by atoms with Gasteiger partial charge < -0.3 is 15.0 Å². The van der Waals surface area contributed by atoms with E-state index in [0.717, 1.165) is 19.4 Å². The van der Waals surface area contributed by atoms with Crippen LogP contribution in [0.4, 0.5) is 0 Å². The van der Waals surface area contributed by atoms with E-state index >= 15 is 0 Å². The zero-order valence-electron chi connectivity index (χ0n) is 16.8. The van der Waals surface area contributed by atoms with Crippen LogP contribution in [-0.2, 0) is 19.7 Å². The molecule has 27 heavy (non-hydrogen) atoms. The second kappa shape index (κ2) is 8.42. The van der Waals surface area contributed by atoms with Gasteiger partial charge >= 0.3 is 0 Å². The molecule has 0 saturated carbocycles. The van der Waals surface area contributed by atoms with Crippen molar-refractivity contribution in [2.45, 2.75) is 45.4 Å². The fourth-order valence-electron chi connectivity index (χ4n) is 4.20. The zero-order valence-corrected chi connectivity index (χ0v) is 16.8. The van der Waals surface area contributed by atoms with E-state index in [4.69, 9.17) is 4.74 Å². The number of nitrogens with one attached hydrogen (secondary N) is 1. The van der Waals surface area contributed by atoms with Gasteiger partial charge in [-0.15, -0.1) is 0 Å². The molecule has 148 valence electrons. The topological polar surface area (TPSA) is 58.6 Å². The molecule has 0 aromatic heterocycles. The van der Waals surface area contributed by atoms with Crippen molar-refractivity contribution < 1.29 is 14.3 Å². The monoisotopic (exact) mass is 372 g/mol. The number of amides is 2. The van der Waals surface area contributed by atoms with Gasteiger partial charge in [-0.05, 0) is 31.2 Å². The Morgan fingerprint density at radius 2 is 1.93 bits per heavy atom. The van der Waals surface area contributed by atoms with Crippen molar-refractivity contribution in [1.29, 1.82) is 0 Å². The maximum absolute atomic E-state index is 12.8. The van der Waals surface area contributed by atoms with Gasteiger partial charge in [-0.1, -0.05) is 43.7 Å². The molecule has 2 aliphatic heterocycles. The molecule has 1 N–H and O–H groups in total.